The van der Waals surface area contributed by atoms with Crippen molar-refractivity contribution in [3.8, 4) is 0 Å². The van der Waals surface area contributed by atoms with Gasteiger partial charge in [-0.1, -0.05) is 12.1 Å². The third kappa shape index (κ3) is 5.07. The molecule has 0 bridgehead atoms. The molecular weight excluding hydrogens is 352 g/mol. The normalized spacial score (nSPS) is 11.8. The molecule has 0 radical (unpaired) electrons. The quantitative estimate of drug-likeness (QED) is 0.512. The number of carbonyl (C=O) groups excluding carboxylic acids is 1. The molecule has 1 aromatic carbocycles. The second kappa shape index (κ2) is 9.18. The van der Waals surface area contributed by atoms with Crippen molar-refractivity contribution in [3.63, 3.8) is 0 Å². The van der Waals surface area contributed by atoms with Crippen LogP contribution in [0.5, 0.6) is 0 Å². The lowest BCUT2D eigenvalue weighted by atomic mass is 10.2. The van der Waals surface area contributed by atoms with Crippen LogP contribution in [-0.4, -0.2) is 27.3 Å². The van der Waals surface area contributed by atoms with Crippen LogP contribution in [0.2, 0.25) is 0 Å². The highest BCUT2D eigenvalue weighted by Crippen LogP contribution is 2.10. The maximum absolute atomic E-state index is 12.2. The van der Waals surface area contributed by atoms with E-state index in [0.717, 1.165) is 17.1 Å². The van der Waals surface area contributed by atoms with Gasteiger partial charge in [-0.25, -0.2) is 5.43 Å². The lowest BCUT2D eigenvalue weighted by Gasteiger charge is -2.05. The molecule has 0 saturated heterocycles. The van der Waals surface area contributed by atoms with E-state index >= 15 is 0 Å². The minimum absolute atomic E-state index is 0.296. The molecule has 0 aliphatic heterocycles. The molecule has 3 aromatic rings. The van der Waals surface area contributed by atoms with Gasteiger partial charge in [-0.15, -0.1) is 0 Å². The van der Waals surface area contributed by atoms with Crippen LogP contribution in [0.1, 0.15) is 35.6 Å². The van der Waals surface area contributed by atoms with Crippen LogP contribution in [0.3, 0.4) is 0 Å². The Labute approximate surface area is 163 Å². The van der Waals surface area contributed by atoms with Crippen molar-refractivity contribution in [1.29, 1.82) is 0 Å². The zero-order chi connectivity index (χ0) is 19.8. The first kappa shape index (κ1) is 18.9. The molecule has 140 valence electrons. The van der Waals surface area contributed by atoms with Gasteiger partial charge < -0.3 is 0 Å². The molecular formula is C21H20N6O. The number of rotatable bonds is 6. The molecule has 3 rings (SSSR count). The molecule has 7 nitrogen and oxygen atoms in total. The summed E-state index contributed by atoms with van der Waals surface area (Å²) < 4.78 is 0. The Morgan fingerprint density at radius 2 is 1.36 bits per heavy atom. The van der Waals surface area contributed by atoms with E-state index in [0.29, 0.717) is 17.0 Å². The van der Waals surface area contributed by atoms with E-state index in [2.05, 4.69) is 31.0 Å². The van der Waals surface area contributed by atoms with Crippen LogP contribution in [0.25, 0.3) is 0 Å². The fourth-order valence-electron chi connectivity index (χ4n) is 2.31. The summed E-state index contributed by atoms with van der Waals surface area (Å²) in [5, 5.41) is 8.40. The zero-order valence-electron chi connectivity index (χ0n) is 15.6. The Bertz CT molecular complexity index is 982. The molecule has 2 heterocycles. The summed E-state index contributed by atoms with van der Waals surface area (Å²) in [6, 6.07) is 18.1. The van der Waals surface area contributed by atoms with E-state index in [1.807, 2.05) is 43.3 Å². The summed E-state index contributed by atoms with van der Waals surface area (Å²) in [5.74, 6) is -0.296. The van der Waals surface area contributed by atoms with Crippen molar-refractivity contribution in [3.05, 3.63) is 90.0 Å². The number of benzene rings is 1. The summed E-state index contributed by atoms with van der Waals surface area (Å²) >= 11 is 0. The van der Waals surface area contributed by atoms with Gasteiger partial charge in [-0.3, -0.25) is 20.2 Å². The Morgan fingerprint density at radius 3 is 1.89 bits per heavy atom. The highest BCUT2D eigenvalue weighted by Gasteiger charge is 2.05. The summed E-state index contributed by atoms with van der Waals surface area (Å²) in [5.41, 5.74) is 9.67. The van der Waals surface area contributed by atoms with Crippen LogP contribution < -0.4 is 10.9 Å². The third-order valence-electron chi connectivity index (χ3n) is 3.90. The lowest BCUT2D eigenvalue weighted by molar-refractivity contribution is 0.0955. The standard InChI is InChI=1S/C21H20N6O/c1-15(19-7-3-5-13-22-19)24-26-18-11-9-17(10-12-18)21(28)27-25-16(2)20-8-4-6-14-23-20/h3-14,26H,1-2H3,(H,27,28)/b24-15+,25-16+. The number of hydrogen-bond acceptors (Lipinski definition) is 6. The molecule has 0 aliphatic rings. The average molecular weight is 372 g/mol. The van der Waals surface area contributed by atoms with E-state index in [1.54, 1.807) is 43.6 Å². The SMILES string of the molecule is C/C(=N\NC(=O)c1ccc(N/N=C(\C)c2ccccn2)cc1)c1ccccn1. The molecule has 0 saturated carbocycles. The molecule has 0 unspecified atom stereocenters. The van der Waals surface area contributed by atoms with Crippen molar-refractivity contribution >= 4 is 23.0 Å². The maximum atomic E-state index is 12.2. The smallest absolute Gasteiger partial charge is 0.271 e. The second-order valence-electron chi connectivity index (χ2n) is 5.95. The fraction of sp³-hybridized carbons (Fsp3) is 0.0952. The number of carbonyl (C=O) groups is 1. The summed E-state index contributed by atoms with van der Waals surface area (Å²) in [7, 11) is 0. The number of aromatic nitrogens is 2. The topological polar surface area (TPSA) is 91.6 Å². The number of amides is 1. The predicted octanol–water partition coefficient (Wildman–Crippen LogP) is 3.47. The largest absolute Gasteiger partial charge is 0.278 e. The minimum Gasteiger partial charge on any atom is -0.278 e. The van der Waals surface area contributed by atoms with Gasteiger partial charge in [0.1, 0.15) is 0 Å². The van der Waals surface area contributed by atoms with Crippen molar-refractivity contribution in [2.45, 2.75) is 13.8 Å². The van der Waals surface area contributed by atoms with Crippen molar-refractivity contribution < 1.29 is 4.79 Å². The summed E-state index contributed by atoms with van der Waals surface area (Å²) in [6.07, 6.45) is 3.40. The Hall–Kier alpha value is -3.87. The monoisotopic (exact) mass is 372 g/mol. The third-order valence-corrected chi connectivity index (χ3v) is 3.90. The molecule has 0 fully saturated rings. The highest BCUT2D eigenvalue weighted by atomic mass is 16.2. The number of anilines is 1. The minimum atomic E-state index is -0.296. The van der Waals surface area contributed by atoms with E-state index in [1.165, 1.54) is 0 Å². The Balaban J connectivity index is 1.60. The van der Waals surface area contributed by atoms with Gasteiger partial charge >= 0.3 is 0 Å². The Morgan fingerprint density at radius 1 is 0.786 bits per heavy atom. The van der Waals surface area contributed by atoms with Gasteiger partial charge in [0.2, 0.25) is 0 Å². The van der Waals surface area contributed by atoms with Gasteiger partial charge in [0, 0.05) is 18.0 Å². The van der Waals surface area contributed by atoms with E-state index < -0.39 is 0 Å². The van der Waals surface area contributed by atoms with Gasteiger partial charge in [0.25, 0.3) is 5.91 Å². The molecule has 7 heteroatoms. The Kier molecular flexibility index (Phi) is 6.20. The predicted molar refractivity (Wildman–Crippen MR) is 110 cm³/mol. The molecule has 0 atom stereocenters. The van der Waals surface area contributed by atoms with Crippen LogP contribution in [0, 0.1) is 0 Å². The van der Waals surface area contributed by atoms with Crippen LogP contribution in [0.15, 0.2) is 83.3 Å². The van der Waals surface area contributed by atoms with Crippen LogP contribution >= 0.6 is 0 Å². The molecule has 0 spiro atoms. The van der Waals surface area contributed by atoms with Crippen molar-refractivity contribution in [2.24, 2.45) is 10.2 Å². The first-order chi connectivity index (χ1) is 13.6. The van der Waals surface area contributed by atoms with E-state index in [-0.39, 0.29) is 5.91 Å². The number of nitrogens with one attached hydrogen (secondary N) is 2. The summed E-state index contributed by atoms with van der Waals surface area (Å²) in [4.78, 5) is 20.7. The first-order valence-electron chi connectivity index (χ1n) is 8.71. The maximum Gasteiger partial charge on any atom is 0.271 e. The van der Waals surface area contributed by atoms with Crippen LogP contribution in [0.4, 0.5) is 5.69 Å². The second-order valence-corrected chi connectivity index (χ2v) is 5.95. The molecule has 1 amide bonds. The lowest BCUT2D eigenvalue weighted by Crippen LogP contribution is -2.19. The van der Waals surface area contributed by atoms with E-state index in [4.69, 9.17) is 0 Å². The highest BCUT2D eigenvalue weighted by molar-refractivity contribution is 6.00. The molecule has 2 N–H and O–H groups in total. The van der Waals surface area contributed by atoms with Crippen molar-refractivity contribution in [1.82, 2.24) is 15.4 Å². The fourth-order valence-corrected chi connectivity index (χ4v) is 2.31. The number of hydrazone groups is 2. The molecule has 0 aliphatic carbocycles. The van der Waals surface area contributed by atoms with Gasteiger partial charge in [-0.2, -0.15) is 10.2 Å². The molecule has 28 heavy (non-hydrogen) atoms. The number of pyridine rings is 2. The van der Waals surface area contributed by atoms with Crippen LogP contribution in [-0.2, 0) is 0 Å². The first-order valence-corrected chi connectivity index (χ1v) is 8.71. The number of nitrogens with zero attached hydrogens (tertiary/aromatic N) is 4. The van der Waals surface area contributed by atoms with Gasteiger partial charge in [0.15, 0.2) is 0 Å². The average Bonchev–Trinajstić information content (AvgIpc) is 2.77. The number of hydrogen-bond donors (Lipinski definition) is 2. The van der Waals surface area contributed by atoms with Crippen molar-refractivity contribution in [2.75, 3.05) is 5.43 Å². The van der Waals surface area contributed by atoms with Gasteiger partial charge in [-0.05, 0) is 62.4 Å². The summed E-state index contributed by atoms with van der Waals surface area (Å²) in [6.45, 7) is 3.66. The zero-order valence-corrected chi connectivity index (χ0v) is 15.6. The van der Waals surface area contributed by atoms with E-state index in [9.17, 15) is 4.79 Å². The van der Waals surface area contributed by atoms with Gasteiger partial charge in [0.05, 0.1) is 28.5 Å². The molecule has 2 aromatic heterocycles.